The molecule has 1 aliphatic heterocycles. The minimum atomic E-state index is -0.675. The Balaban J connectivity index is 2.65. The molecule has 0 aromatic carbocycles. The third-order valence-electron chi connectivity index (χ3n) is 2.82. The van der Waals surface area contributed by atoms with E-state index >= 15 is 0 Å². The van der Waals surface area contributed by atoms with Gasteiger partial charge in [0.15, 0.2) is 0 Å². The van der Waals surface area contributed by atoms with E-state index in [1.54, 1.807) is 0 Å². The predicted octanol–water partition coefficient (Wildman–Crippen LogP) is 1.86. The Hall–Kier alpha value is -0.370. The maximum Gasteiger partial charge on any atom is 0.302 e. The minimum Gasteiger partial charge on any atom is -0.463 e. The molecular formula is C12H19IO5. The van der Waals surface area contributed by atoms with Crippen LogP contribution in [0.4, 0.5) is 0 Å². The molecule has 1 aliphatic rings. The highest BCUT2D eigenvalue weighted by Crippen LogP contribution is 2.30. The Kier molecular flexibility index (Phi) is 6.34. The third kappa shape index (κ3) is 5.09. The molecule has 5 nitrogen and oxygen atoms in total. The van der Waals surface area contributed by atoms with Crippen LogP contribution in [0.1, 0.15) is 33.1 Å². The van der Waals surface area contributed by atoms with Crippen LogP contribution in [0.2, 0.25) is 0 Å². The Bertz CT molecular complexity index is 287. The molecule has 6 heteroatoms. The maximum atomic E-state index is 10.9. The molecule has 1 fully saturated rings. The van der Waals surface area contributed by atoms with E-state index in [1.807, 2.05) is 0 Å². The van der Waals surface area contributed by atoms with Crippen molar-refractivity contribution in [1.29, 1.82) is 0 Å². The van der Waals surface area contributed by atoms with Gasteiger partial charge in [-0.25, -0.2) is 0 Å². The minimum absolute atomic E-state index is 0.130. The van der Waals surface area contributed by atoms with Crippen molar-refractivity contribution in [3.05, 3.63) is 0 Å². The Labute approximate surface area is 121 Å². The number of carbonyl (C=O) groups excluding carboxylic acids is 2. The molecule has 0 amide bonds. The van der Waals surface area contributed by atoms with Gasteiger partial charge < -0.3 is 14.2 Å². The number of alkyl halides is 1. The summed E-state index contributed by atoms with van der Waals surface area (Å²) in [6.07, 6.45) is 2.84. The average Bonchev–Trinajstić information content (AvgIpc) is 2.34. The van der Waals surface area contributed by atoms with Crippen LogP contribution in [0.5, 0.6) is 0 Å². The van der Waals surface area contributed by atoms with Crippen LogP contribution in [0, 0.1) is 0 Å². The van der Waals surface area contributed by atoms with Crippen molar-refractivity contribution in [2.45, 2.75) is 44.8 Å². The lowest BCUT2D eigenvalue weighted by Gasteiger charge is -2.39. The molecule has 1 rings (SSSR count). The van der Waals surface area contributed by atoms with Crippen molar-refractivity contribution < 1.29 is 23.8 Å². The number of halogens is 1. The summed E-state index contributed by atoms with van der Waals surface area (Å²) >= 11 is 2.27. The summed E-state index contributed by atoms with van der Waals surface area (Å²) in [7, 11) is 0. The largest absolute Gasteiger partial charge is 0.463 e. The lowest BCUT2D eigenvalue weighted by molar-refractivity contribution is -0.190. The van der Waals surface area contributed by atoms with Gasteiger partial charge in [-0.05, 0) is 19.3 Å². The lowest BCUT2D eigenvalue weighted by Crippen LogP contribution is -2.49. The van der Waals surface area contributed by atoms with Gasteiger partial charge >= 0.3 is 11.9 Å². The summed E-state index contributed by atoms with van der Waals surface area (Å²) in [4.78, 5) is 21.9. The third-order valence-corrected chi connectivity index (χ3v) is 3.81. The van der Waals surface area contributed by atoms with Gasteiger partial charge in [-0.2, -0.15) is 0 Å². The zero-order valence-electron chi connectivity index (χ0n) is 10.7. The molecule has 1 atom stereocenters. The second-order valence-corrected chi connectivity index (χ2v) is 5.41. The van der Waals surface area contributed by atoms with Crippen LogP contribution in [0.15, 0.2) is 0 Å². The number of carbonyl (C=O) groups is 2. The fourth-order valence-corrected chi connectivity index (χ4v) is 2.57. The lowest BCUT2D eigenvalue weighted by atomic mass is 9.93. The van der Waals surface area contributed by atoms with Gasteiger partial charge in [0.25, 0.3) is 0 Å². The van der Waals surface area contributed by atoms with E-state index in [0.717, 1.165) is 23.7 Å². The van der Waals surface area contributed by atoms with E-state index in [9.17, 15) is 9.59 Å². The van der Waals surface area contributed by atoms with E-state index in [4.69, 9.17) is 14.2 Å². The first-order chi connectivity index (χ1) is 8.47. The fraction of sp³-hybridized carbons (Fsp3) is 0.833. The molecular weight excluding hydrogens is 351 g/mol. The summed E-state index contributed by atoms with van der Waals surface area (Å²) in [5, 5.41) is 0. The fourth-order valence-electron chi connectivity index (χ4n) is 1.95. The van der Waals surface area contributed by atoms with Gasteiger partial charge in [0, 0.05) is 18.3 Å². The number of ether oxygens (including phenoxy) is 3. The van der Waals surface area contributed by atoms with Gasteiger partial charge in [-0.1, -0.05) is 22.6 Å². The molecule has 0 aromatic heterocycles. The van der Waals surface area contributed by atoms with Crippen LogP contribution < -0.4 is 0 Å². The van der Waals surface area contributed by atoms with Crippen molar-refractivity contribution in [3.8, 4) is 0 Å². The monoisotopic (exact) mass is 370 g/mol. The number of rotatable bonds is 5. The molecule has 1 heterocycles. The molecule has 0 spiro atoms. The highest BCUT2D eigenvalue weighted by atomic mass is 127. The van der Waals surface area contributed by atoms with E-state index < -0.39 is 5.60 Å². The Morgan fingerprint density at radius 2 is 1.83 bits per heavy atom. The molecule has 0 aliphatic carbocycles. The first-order valence-corrected chi connectivity index (χ1v) is 7.50. The maximum absolute atomic E-state index is 10.9. The van der Waals surface area contributed by atoms with Crippen molar-refractivity contribution in [2.24, 2.45) is 0 Å². The van der Waals surface area contributed by atoms with E-state index in [-0.39, 0.29) is 31.3 Å². The SMILES string of the molecule is CC(=O)OCC1(COC(C)=O)CCCC(CI)O1. The zero-order chi connectivity index (χ0) is 13.6. The van der Waals surface area contributed by atoms with E-state index in [0.29, 0.717) is 0 Å². The van der Waals surface area contributed by atoms with Crippen molar-refractivity contribution in [3.63, 3.8) is 0 Å². The number of hydrogen-bond donors (Lipinski definition) is 0. The Morgan fingerprint density at radius 3 is 2.28 bits per heavy atom. The summed E-state index contributed by atoms with van der Waals surface area (Å²) in [5.74, 6) is -0.699. The van der Waals surface area contributed by atoms with Crippen molar-refractivity contribution in [2.75, 3.05) is 17.6 Å². The summed E-state index contributed by atoms with van der Waals surface area (Å²) in [5.41, 5.74) is -0.675. The molecule has 0 bridgehead atoms. The molecule has 1 saturated heterocycles. The van der Waals surface area contributed by atoms with Crippen LogP contribution in [-0.2, 0) is 23.8 Å². The zero-order valence-corrected chi connectivity index (χ0v) is 12.9. The van der Waals surface area contributed by atoms with Crippen LogP contribution in [-0.4, -0.2) is 41.3 Å². The smallest absolute Gasteiger partial charge is 0.302 e. The molecule has 0 aromatic rings. The van der Waals surface area contributed by atoms with E-state index in [2.05, 4.69) is 22.6 Å². The second-order valence-electron chi connectivity index (χ2n) is 4.53. The predicted molar refractivity (Wildman–Crippen MR) is 73.6 cm³/mol. The number of hydrogen-bond acceptors (Lipinski definition) is 5. The highest BCUT2D eigenvalue weighted by molar-refractivity contribution is 14.1. The number of esters is 2. The molecule has 104 valence electrons. The molecule has 1 unspecified atom stereocenters. The molecule has 0 radical (unpaired) electrons. The molecule has 18 heavy (non-hydrogen) atoms. The van der Waals surface area contributed by atoms with Crippen molar-refractivity contribution in [1.82, 2.24) is 0 Å². The van der Waals surface area contributed by atoms with Gasteiger partial charge in [0.2, 0.25) is 0 Å². The standard InChI is InChI=1S/C12H19IO5/c1-9(14)16-7-12(8-17-10(2)15)5-3-4-11(6-13)18-12/h11H,3-8H2,1-2H3. The van der Waals surface area contributed by atoms with Gasteiger partial charge in [0.1, 0.15) is 18.8 Å². The van der Waals surface area contributed by atoms with E-state index in [1.165, 1.54) is 13.8 Å². The second kappa shape index (κ2) is 7.28. The van der Waals surface area contributed by atoms with Crippen LogP contribution >= 0.6 is 22.6 Å². The summed E-state index contributed by atoms with van der Waals surface area (Å²) < 4.78 is 16.9. The normalized spacial score (nSPS) is 22.3. The van der Waals surface area contributed by atoms with Gasteiger partial charge in [-0.15, -0.1) is 0 Å². The van der Waals surface area contributed by atoms with Crippen LogP contribution in [0.25, 0.3) is 0 Å². The quantitative estimate of drug-likeness (QED) is 0.420. The van der Waals surface area contributed by atoms with Crippen LogP contribution in [0.3, 0.4) is 0 Å². The topological polar surface area (TPSA) is 61.8 Å². The summed E-state index contributed by atoms with van der Waals surface area (Å²) in [6, 6.07) is 0. The average molecular weight is 370 g/mol. The Morgan fingerprint density at radius 1 is 1.28 bits per heavy atom. The molecule has 0 saturated carbocycles. The first kappa shape index (κ1) is 15.7. The highest BCUT2D eigenvalue weighted by Gasteiger charge is 2.39. The van der Waals surface area contributed by atoms with Gasteiger partial charge in [0.05, 0.1) is 6.10 Å². The van der Waals surface area contributed by atoms with Gasteiger partial charge in [-0.3, -0.25) is 9.59 Å². The van der Waals surface area contributed by atoms with Crippen molar-refractivity contribution >= 4 is 34.5 Å². The first-order valence-electron chi connectivity index (χ1n) is 5.98. The molecule has 0 N–H and O–H groups in total. The summed E-state index contributed by atoms with van der Waals surface area (Å²) in [6.45, 7) is 3.00.